The standard InChI is InChI=1S/C19H15BrCl2N2O2S/c20-11-3-6-16-17(8-11)27-19(23-16)24(10-13-2-1-7-26-13)18(25)14-9-12(21)4-5-15(14)22/h3-6,8-9,13H,1-2,7,10H2. The van der Waals surface area contributed by atoms with Gasteiger partial charge in [-0.05, 0) is 49.2 Å². The smallest absolute Gasteiger partial charge is 0.261 e. The molecule has 1 fully saturated rings. The second-order valence-corrected chi connectivity index (χ2v) is 9.05. The highest BCUT2D eigenvalue weighted by Gasteiger charge is 2.28. The molecule has 1 atom stereocenters. The minimum absolute atomic E-state index is 0.00865. The van der Waals surface area contributed by atoms with Crippen molar-refractivity contribution >= 4 is 71.7 Å². The third-order valence-corrected chi connectivity index (χ3v) is 6.48. The molecular formula is C19H15BrCl2N2O2S. The van der Waals surface area contributed by atoms with Crippen LogP contribution >= 0.6 is 50.5 Å². The van der Waals surface area contributed by atoms with Gasteiger partial charge in [-0.3, -0.25) is 9.69 Å². The molecular weight excluding hydrogens is 471 g/mol. The fourth-order valence-electron chi connectivity index (χ4n) is 3.05. The Labute approximate surface area is 179 Å². The van der Waals surface area contributed by atoms with E-state index >= 15 is 0 Å². The van der Waals surface area contributed by atoms with Crippen LogP contribution < -0.4 is 4.90 Å². The molecule has 3 aromatic rings. The number of rotatable bonds is 4. The van der Waals surface area contributed by atoms with Gasteiger partial charge in [-0.1, -0.05) is 50.5 Å². The Hall–Kier alpha value is -1.18. The molecule has 2 heterocycles. The number of carbonyl (C=O) groups is 1. The maximum Gasteiger partial charge on any atom is 0.261 e. The number of anilines is 1. The molecule has 0 aliphatic carbocycles. The molecule has 0 saturated carbocycles. The van der Waals surface area contributed by atoms with E-state index in [9.17, 15) is 4.79 Å². The molecule has 0 bridgehead atoms. The average molecular weight is 486 g/mol. The molecule has 0 N–H and O–H groups in total. The van der Waals surface area contributed by atoms with Crippen molar-refractivity contribution in [2.75, 3.05) is 18.1 Å². The van der Waals surface area contributed by atoms with E-state index in [1.165, 1.54) is 11.3 Å². The molecule has 1 aromatic heterocycles. The highest BCUT2D eigenvalue weighted by molar-refractivity contribution is 9.10. The lowest BCUT2D eigenvalue weighted by Crippen LogP contribution is -2.37. The number of hydrogen-bond donors (Lipinski definition) is 0. The molecule has 4 rings (SSSR count). The van der Waals surface area contributed by atoms with Crippen LogP contribution in [0.3, 0.4) is 0 Å². The summed E-state index contributed by atoms with van der Waals surface area (Å²) in [4.78, 5) is 19.7. The molecule has 1 unspecified atom stereocenters. The third kappa shape index (κ3) is 4.15. The summed E-state index contributed by atoms with van der Waals surface area (Å²) < 4.78 is 7.73. The van der Waals surface area contributed by atoms with Gasteiger partial charge in [0.05, 0.1) is 33.5 Å². The lowest BCUT2D eigenvalue weighted by Gasteiger charge is -2.23. The Morgan fingerprint density at radius 1 is 1.30 bits per heavy atom. The summed E-state index contributed by atoms with van der Waals surface area (Å²) in [6.45, 7) is 1.15. The van der Waals surface area contributed by atoms with Crippen molar-refractivity contribution in [3.8, 4) is 0 Å². The minimum atomic E-state index is -0.226. The summed E-state index contributed by atoms with van der Waals surface area (Å²) >= 11 is 17.3. The zero-order chi connectivity index (χ0) is 19.0. The van der Waals surface area contributed by atoms with Gasteiger partial charge < -0.3 is 4.74 Å². The topological polar surface area (TPSA) is 42.4 Å². The van der Waals surface area contributed by atoms with Crippen LogP contribution in [0.5, 0.6) is 0 Å². The number of halogens is 3. The van der Waals surface area contributed by atoms with E-state index in [-0.39, 0.29) is 12.0 Å². The molecule has 140 valence electrons. The Morgan fingerprint density at radius 2 is 2.15 bits per heavy atom. The van der Waals surface area contributed by atoms with Crippen LogP contribution in [0.25, 0.3) is 10.2 Å². The van der Waals surface area contributed by atoms with Gasteiger partial charge in [-0.15, -0.1) is 0 Å². The van der Waals surface area contributed by atoms with E-state index in [0.29, 0.717) is 27.3 Å². The maximum atomic E-state index is 13.3. The largest absolute Gasteiger partial charge is 0.376 e. The number of carbonyl (C=O) groups excluding carboxylic acids is 1. The van der Waals surface area contributed by atoms with E-state index in [1.54, 1.807) is 23.1 Å². The van der Waals surface area contributed by atoms with Gasteiger partial charge in [0.15, 0.2) is 5.13 Å². The van der Waals surface area contributed by atoms with Crippen molar-refractivity contribution in [2.45, 2.75) is 18.9 Å². The normalized spacial score (nSPS) is 16.8. The van der Waals surface area contributed by atoms with Crippen molar-refractivity contribution < 1.29 is 9.53 Å². The molecule has 8 heteroatoms. The second kappa shape index (κ2) is 8.05. The van der Waals surface area contributed by atoms with Crippen LogP contribution in [0.2, 0.25) is 10.0 Å². The number of nitrogens with zero attached hydrogens (tertiary/aromatic N) is 2. The summed E-state index contributed by atoms with van der Waals surface area (Å²) in [5.41, 5.74) is 1.21. The van der Waals surface area contributed by atoms with Gasteiger partial charge in [0, 0.05) is 16.1 Å². The first kappa shape index (κ1) is 19.2. The van der Waals surface area contributed by atoms with Crippen LogP contribution in [0.15, 0.2) is 40.9 Å². The average Bonchev–Trinajstić information content (AvgIpc) is 3.30. The van der Waals surface area contributed by atoms with Gasteiger partial charge in [-0.25, -0.2) is 4.98 Å². The quantitative estimate of drug-likeness (QED) is 0.442. The molecule has 27 heavy (non-hydrogen) atoms. The van der Waals surface area contributed by atoms with Gasteiger partial charge in [0.2, 0.25) is 0 Å². The molecule has 1 aliphatic rings. The Bertz CT molecular complexity index is 1000. The molecule has 1 saturated heterocycles. The van der Waals surface area contributed by atoms with Gasteiger partial charge >= 0.3 is 0 Å². The van der Waals surface area contributed by atoms with E-state index in [0.717, 1.165) is 34.1 Å². The second-order valence-electron chi connectivity index (χ2n) is 6.28. The number of amides is 1. The zero-order valence-electron chi connectivity index (χ0n) is 14.1. The number of thiazole rings is 1. The lowest BCUT2D eigenvalue weighted by atomic mass is 10.1. The summed E-state index contributed by atoms with van der Waals surface area (Å²) in [6, 6.07) is 10.8. The number of fused-ring (bicyclic) bond motifs is 1. The number of hydrogen-bond acceptors (Lipinski definition) is 4. The molecule has 0 radical (unpaired) electrons. The SMILES string of the molecule is O=C(c1cc(Cl)ccc1Cl)N(CC1CCCO1)c1nc2ccc(Br)cc2s1. The van der Waals surface area contributed by atoms with Crippen molar-refractivity contribution in [1.82, 2.24) is 4.98 Å². The predicted molar refractivity (Wildman–Crippen MR) is 114 cm³/mol. The number of aromatic nitrogens is 1. The maximum absolute atomic E-state index is 13.3. The van der Waals surface area contributed by atoms with Crippen LogP contribution in [0.1, 0.15) is 23.2 Å². The van der Waals surface area contributed by atoms with E-state index in [1.807, 2.05) is 18.2 Å². The van der Waals surface area contributed by atoms with Gasteiger partial charge in [-0.2, -0.15) is 0 Å². The van der Waals surface area contributed by atoms with E-state index in [4.69, 9.17) is 27.9 Å². The monoisotopic (exact) mass is 484 g/mol. The van der Waals surface area contributed by atoms with Crippen molar-refractivity contribution in [3.05, 3.63) is 56.5 Å². The number of benzene rings is 2. The fraction of sp³-hybridized carbons (Fsp3) is 0.263. The van der Waals surface area contributed by atoms with E-state index < -0.39 is 0 Å². The van der Waals surface area contributed by atoms with Crippen molar-refractivity contribution in [2.24, 2.45) is 0 Å². The highest BCUT2D eigenvalue weighted by Crippen LogP contribution is 2.33. The molecule has 0 spiro atoms. The molecule has 1 aliphatic heterocycles. The highest BCUT2D eigenvalue weighted by atomic mass is 79.9. The summed E-state index contributed by atoms with van der Waals surface area (Å²) in [6.07, 6.45) is 1.91. The van der Waals surface area contributed by atoms with Gasteiger partial charge in [0.25, 0.3) is 5.91 Å². The first-order chi connectivity index (χ1) is 13.0. The van der Waals surface area contributed by atoms with Crippen molar-refractivity contribution in [1.29, 1.82) is 0 Å². The molecule has 1 amide bonds. The predicted octanol–water partition coefficient (Wildman–Crippen LogP) is 6.19. The Kier molecular flexibility index (Phi) is 5.71. The van der Waals surface area contributed by atoms with Gasteiger partial charge in [0.1, 0.15) is 0 Å². The summed E-state index contributed by atoms with van der Waals surface area (Å²) in [7, 11) is 0. The van der Waals surface area contributed by atoms with Crippen molar-refractivity contribution in [3.63, 3.8) is 0 Å². The van der Waals surface area contributed by atoms with Crippen LogP contribution in [-0.4, -0.2) is 30.1 Å². The Balaban J connectivity index is 1.75. The third-order valence-electron chi connectivity index (χ3n) is 4.38. The van der Waals surface area contributed by atoms with Crippen LogP contribution in [0.4, 0.5) is 5.13 Å². The Morgan fingerprint density at radius 3 is 2.93 bits per heavy atom. The first-order valence-corrected chi connectivity index (χ1v) is 10.8. The summed E-state index contributed by atoms with van der Waals surface area (Å²) in [5.74, 6) is -0.226. The zero-order valence-corrected chi connectivity index (χ0v) is 18.0. The fourth-order valence-corrected chi connectivity index (χ4v) is 4.94. The lowest BCUT2D eigenvalue weighted by molar-refractivity contribution is 0.0917. The van der Waals surface area contributed by atoms with Crippen LogP contribution in [0, 0.1) is 0 Å². The molecule has 4 nitrogen and oxygen atoms in total. The van der Waals surface area contributed by atoms with Crippen LogP contribution in [-0.2, 0) is 4.74 Å². The molecule has 2 aromatic carbocycles. The first-order valence-electron chi connectivity index (χ1n) is 8.46. The minimum Gasteiger partial charge on any atom is -0.376 e. The summed E-state index contributed by atoms with van der Waals surface area (Å²) in [5, 5.41) is 1.46. The number of ether oxygens (including phenoxy) is 1. The van der Waals surface area contributed by atoms with E-state index in [2.05, 4.69) is 20.9 Å².